The third-order valence-electron chi connectivity index (χ3n) is 2.79. The van der Waals surface area contributed by atoms with E-state index in [1.165, 1.54) is 14.0 Å². The third-order valence-corrected chi connectivity index (χ3v) is 3.96. The molecule has 2 heterocycles. The summed E-state index contributed by atoms with van der Waals surface area (Å²) in [6, 6.07) is 0. The fourth-order valence-corrected chi connectivity index (χ4v) is 3.03. The molecule has 92 valence electrons. The quantitative estimate of drug-likeness (QED) is 0.713. The number of rotatable bonds is 0. The lowest BCUT2D eigenvalue weighted by Gasteiger charge is -2.15. The van der Waals surface area contributed by atoms with Crippen molar-refractivity contribution in [2.24, 2.45) is 7.05 Å². The second-order valence-electron chi connectivity index (χ2n) is 3.96. The minimum absolute atomic E-state index is 0.242. The monoisotopic (exact) mass is 261 g/mol. The summed E-state index contributed by atoms with van der Waals surface area (Å²) >= 11 is 1.16. The van der Waals surface area contributed by atoms with Crippen LogP contribution in [0.3, 0.4) is 0 Å². The van der Waals surface area contributed by atoms with Crippen LogP contribution in [0.25, 0.3) is 10.2 Å². The van der Waals surface area contributed by atoms with E-state index in [0.29, 0.717) is 10.2 Å². The summed E-state index contributed by atoms with van der Waals surface area (Å²) in [6.45, 7) is 2.95. The van der Waals surface area contributed by atoms with E-state index in [1.807, 2.05) is 0 Å². The average Bonchev–Trinajstić information content (AvgIpc) is 2.55. The predicted octanol–water partition coefficient (Wildman–Crippen LogP) is 3.24. The number of halogens is 3. The van der Waals surface area contributed by atoms with Crippen molar-refractivity contribution in [2.45, 2.75) is 20.0 Å². The molecule has 0 aliphatic carbocycles. The molecule has 0 aromatic carbocycles. The van der Waals surface area contributed by atoms with Crippen molar-refractivity contribution in [1.29, 1.82) is 0 Å². The largest absolute Gasteiger partial charge is 0.431 e. The summed E-state index contributed by atoms with van der Waals surface area (Å²) in [4.78, 5) is 12.3. The van der Waals surface area contributed by atoms with Crippen LogP contribution in [-0.4, -0.2) is 4.57 Å². The van der Waals surface area contributed by atoms with E-state index in [9.17, 15) is 18.0 Å². The fourth-order valence-electron chi connectivity index (χ4n) is 2.00. The first-order valence-corrected chi connectivity index (χ1v) is 5.77. The van der Waals surface area contributed by atoms with Gasteiger partial charge in [0.2, 0.25) is 0 Å². The summed E-state index contributed by atoms with van der Waals surface area (Å²) in [5.74, 6) is 0. The third kappa shape index (κ3) is 1.67. The first-order chi connectivity index (χ1) is 7.75. The van der Waals surface area contributed by atoms with Gasteiger partial charge in [-0.25, -0.2) is 0 Å². The van der Waals surface area contributed by atoms with Gasteiger partial charge in [-0.3, -0.25) is 4.79 Å². The molecule has 0 aliphatic rings. The summed E-state index contributed by atoms with van der Waals surface area (Å²) in [6.07, 6.45) is -4.51. The van der Waals surface area contributed by atoms with Crippen LogP contribution in [0.2, 0.25) is 0 Å². The summed E-state index contributed by atoms with van der Waals surface area (Å²) in [5.41, 5.74) is -0.905. The number of nitrogens with zero attached hydrogens (tertiary/aromatic N) is 1. The van der Waals surface area contributed by atoms with Gasteiger partial charge < -0.3 is 4.57 Å². The molecule has 6 heteroatoms. The van der Waals surface area contributed by atoms with Gasteiger partial charge in [0.25, 0.3) is 0 Å². The van der Waals surface area contributed by atoms with Crippen molar-refractivity contribution in [3.8, 4) is 0 Å². The molecule has 0 fully saturated rings. The highest BCUT2D eigenvalue weighted by Gasteiger charge is 2.37. The molecule has 2 aromatic rings. The minimum Gasteiger partial charge on any atom is -0.331 e. The molecular formula is C11H10F3NOS. The standard InChI is InChI=1S/C11H10F3NOS/c1-5-4-17-10-7(5)8(16)6(2)9(15(10)3)11(12,13)14/h4H,1-3H3. The van der Waals surface area contributed by atoms with Crippen LogP contribution in [0, 0.1) is 13.8 Å². The molecule has 0 saturated carbocycles. The van der Waals surface area contributed by atoms with Gasteiger partial charge in [-0.1, -0.05) is 0 Å². The Morgan fingerprint density at radius 2 is 1.88 bits per heavy atom. The van der Waals surface area contributed by atoms with Crippen LogP contribution in [0.1, 0.15) is 16.8 Å². The minimum atomic E-state index is -4.51. The van der Waals surface area contributed by atoms with Gasteiger partial charge in [0.05, 0.1) is 5.39 Å². The zero-order chi connectivity index (χ0) is 13.0. The molecule has 0 atom stereocenters. The van der Waals surface area contributed by atoms with Gasteiger partial charge in [0.15, 0.2) is 5.43 Å². The predicted molar refractivity (Wildman–Crippen MR) is 61.5 cm³/mol. The van der Waals surface area contributed by atoms with Gasteiger partial charge in [0.1, 0.15) is 10.5 Å². The lowest BCUT2D eigenvalue weighted by Crippen LogP contribution is -2.23. The number of hydrogen-bond acceptors (Lipinski definition) is 2. The Morgan fingerprint density at radius 3 is 2.41 bits per heavy atom. The topological polar surface area (TPSA) is 22.0 Å². The Morgan fingerprint density at radius 1 is 1.29 bits per heavy atom. The summed E-state index contributed by atoms with van der Waals surface area (Å²) < 4.78 is 39.7. The molecule has 0 bridgehead atoms. The van der Waals surface area contributed by atoms with Crippen LogP contribution >= 0.6 is 11.3 Å². The van der Waals surface area contributed by atoms with E-state index in [0.717, 1.165) is 21.5 Å². The van der Waals surface area contributed by atoms with Gasteiger partial charge >= 0.3 is 6.18 Å². The molecule has 0 saturated heterocycles. The van der Waals surface area contributed by atoms with Crippen molar-refractivity contribution >= 4 is 21.6 Å². The maximum atomic E-state index is 12.9. The number of aromatic nitrogens is 1. The normalized spacial score (nSPS) is 12.4. The van der Waals surface area contributed by atoms with Gasteiger partial charge in [-0.05, 0) is 24.8 Å². The van der Waals surface area contributed by atoms with Crippen molar-refractivity contribution < 1.29 is 13.2 Å². The van der Waals surface area contributed by atoms with Crippen LogP contribution in [0.5, 0.6) is 0 Å². The van der Waals surface area contributed by atoms with E-state index in [1.54, 1.807) is 12.3 Å². The van der Waals surface area contributed by atoms with Crippen LogP contribution in [-0.2, 0) is 13.2 Å². The Hall–Kier alpha value is -1.30. The van der Waals surface area contributed by atoms with E-state index >= 15 is 0 Å². The molecule has 2 rings (SSSR count). The van der Waals surface area contributed by atoms with Crippen LogP contribution in [0.4, 0.5) is 13.2 Å². The number of pyridine rings is 1. The maximum absolute atomic E-state index is 12.9. The highest BCUT2D eigenvalue weighted by Crippen LogP contribution is 2.34. The molecule has 0 unspecified atom stereocenters. The van der Waals surface area contributed by atoms with Crippen molar-refractivity contribution in [1.82, 2.24) is 4.57 Å². The van der Waals surface area contributed by atoms with Crippen molar-refractivity contribution in [3.05, 3.63) is 32.4 Å². The van der Waals surface area contributed by atoms with Crippen molar-refractivity contribution in [2.75, 3.05) is 0 Å². The van der Waals surface area contributed by atoms with Gasteiger partial charge in [-0.2, -0.15) is 13.2 Å². The molecule has 17 heavy (non-hydrogen) atoms. The fraction of sp³-hybridized carbons (Fsp3) is 0.364. The zero-order valence-electron chi connectivity index (χ0n) is 9.47. The first kappa shape index (κ1) is 12.2. The summed E-state index contributed by atoms with van der Waals surface area (Å²) in [7, 11) is 1.34. The van der Waals surface area contributed by atoms with E-state index in [2.05, 4.69) is 0 Å². The number of alkyl halides is 3. The van der Waals surface area contributed by atoms with Gasteiger partial charge in [0, 0.05) is 12.6 Å². The number of aryl methyl sites for hydroxylation is 2. The lowest BCUT2D eigenvalue weighted by atomic mass is 10.1. The molecule has 0 spiro atoms. The number of hydrogen-bond donors (Lipinski definition) is 0. The second kappa shape index (κ2) is 3.60. The Kier molecular flexibility index (Phi) is 2.57. The molecule has 2 nitrogen and oxygen atoms in total. The van der Waals surface area contributed by atoms with E-state index < -0.39 is 17.3 Å². The first-order valence-electron chi connectivity index (χ1n) is 4.89. The summed E-state index contributed by atoms with van der Waals surface area (Å²) in [5, 5.41) is 2.09. The van der Waals surface area contributed by atoms with Crippen LogP contribution < -0.4 is 5.43 Å². The van der Waals surface area contributed by atoms with Crippen LogP contribution in [0.15, 0.2) is 10.2 Å². The smallest absolute Gasteiger partial charge is 0.331 e. The average molecular weight is 261 g/mol. The number of thiophene rings is 1. The highest BCUT2D eigenvalue weighted by atomic mass is 32.1. The molecule has 2 aromatic heterocycles. The second-order valence-corrected chi connectivity index (χ2v) is 4.82. The maximum Gasteiger partial charge on any atom is 0.431 e. The van der Waals surface area contributed by atoms with Gasteiger partial charge in [-0.15, -0.1) is 11.3 Å². The highest BCUT2D eigenvalue weighted by molar-refractivity contribution is 7.17. The van der Waals surface area contributed by atoms with Crippen molar-refractivity contribution in [3.63, 3.8) is 0 Å². The number of fused-ring (bicyclic) bond motifs is 1. The molecule has 0 N–H and O–H groups in total. The SMILES string of the molecule is Cc1c(C(F)(F)F)n(C)c2scc(C)c2c1=O. The molecule has 0 aliphatic heterocycles. The molecular weight excluding hydrogens is 251 g/mol. The Balaban J connectivity index is 3.04. The zero-order valence-corrected chi connectivity index (χ0v) is 10.3. The lowest BCUT2D eigenvalue weighted by molar-refractivity contribution is -0.143. The Labute approximate surface area is 99.3 Å². The molecule has 0 radical (unpaired) electrons. The molecule has 0 amide bonds. The van der Waals surface area contributed by atoms with E-state index in [-0.39, 0.29) is 5.56 Å². The Bertz CT molecular complexity index is 651. The van der Waals surface area contributed by atoms with E-state index in [4.69, 9.17) is 0 Å².